The van der Waals surface area contributed by atoms with Gasteiger partial charge in [-0.25, -0.2) is 26.0 Å². The Kier molecular flexibility index (Phi) is 6.31. The van der Waals surface area contributed by atoms with Gasteiger partial charge < -0.3 is 29.3 Å². The summed E-state index contributed by atoms with van der Waals surface area (Å²) in [6, 6.07) is 12.6. The topological polar surface area (TPSA) is 0 Å². The Morgan fingerprint density at radius 3 is 1.73 bits per heavy atom. The predicted octanol–water partition coefficient (Wildman–Crippen LogP) is 4.04. The van der Waals surface area contributed by atoms with Crippen molar-refractivity contribution >= 4 is 0 Å². The third-order valence-electron chi connectivity index (χ3n) is 2.63. The number of aryl methyl sites for hydroxylation is 4. The van der Waals surface area contributed by atoms with E-state index in [0.29, 0.717) is 0 Å². The first-order valence-electron chi connectivity index (χ1n) is 4.99. The molecule has 0 spiro atoms. The zero-order valence-electron chi connectivity index (χ0n) is 9.82. The zero-order chi connectivity index (χ0) is 10.6. The fraction of sp³-hybridized carbons (Fsp3) is 0.286. The summed E-state index contributed by atoms with van der Waals surface area (Å²) in [5.41, 5.74) is 5.56. The summed E-state index contributed by atoms with van der Waals surface area (Å²) in [4.78, 5) is 0. The molecule has 0 unspecified atom stereocenters. The molecule has 0 aliphatic heterocycles. The van der Waals surface area contributed by atoms with E-state index in [2.05, 4.69) is 64.1 Å². The molecule has 0 saturated carbocycles. The van der Waals surface area contributed by atoms with Gasteiger partial charge in [0.25, 0.3) is 0 Å². The van der Waals surface area contributed by atoms with Gasteiger partial charge in [-0.1, -0.05) is 13.8 Å². The first-order chi connectivity index (χ1) is 6.61. The number of rotatable bonds is 0. The van der Waals surface area contributed by atoms with E-state index < -0.39 is 0 Å². The summed E-state index contributed by atoms with van der Waals surface area (Å²) < 4.78 is 0. The third kappa shape index (κ3) is 4.50. The second kappa shape index (κ2) is 6.66. The average Bonchev–Trinajstić information content (AvgIpc) is 2.67. The molecule has 0 aliphatic rings. The molecular weight excluding hydrogens is 224 g/mol. The quantitative estimate of drug-likeness (QED) is 0.483. The molecule has 0 fully saturated rings. The molecule has 2 aromatic rings. The maximum Gasteiger partial charge on any atom is 0 e. The summed E-state index contributed by atoms with van der Waals surface area (Å²) in [5.74, 6) is 0. The van der Waals surface area contributed by atoms with Crippen molar-refractivity contribution in [2.45, 2.75) is 27.7 Å². The van der Waals surface area contributed by atoms with Gasteiger partial charge in [-0.05, 0) is 0 Å². The molecular formula is C14H18Fe-6. The van der Waals surface area contributed by atoms with Crippen LogP contribution in [0, 0.1) is 27.7 Å². The van der Waals surface area contributed by atoms with Crippen LogP contribution in [0.2, 0.25) is 0 Å². The molecule has 2 rings (SSSR count). The van der Waals surface area contributed by atoms with Crippen LogP contribution in [-0.4, -0.2) is 0 Å². The van der Waals surface area contributed by atoms with Gasteiger partial charge in [0.1, 0.15) is 0 Å². The Balaban J connectivity index is 0.000000245. The molecule has 2 aromatic carbocycles. The summed E-state index contributed by atoms with van der Waals surface area (Å²) in [5, 5.41) is 0. The van der Waals surface area contributed by atoms with Gasteiger partial charge in [-0.3, -0.25) is 0 Å². The molecule has 0 bridgehead atoms. The average molecular weight is 242 g/mol. The maximum absolute atomic E-state index is 2.12. The minimum atomic E-state index is 0. The van der Waals surface area contributed by atoms with Gasteiger partial charge in [-0.2, -0.15) is 17.2 Å². The molecule has 0 nitrogen and oxygen atoms in total. The Morgan fingerprint density at radius 1 is 1.07 bits per heavy atom. The van der Waals surface area contributed by atoms with E-state index in [4.69, 9.17) is 0 Å². The van der Waals surface area contributed by atoms with Crippen molar-refractivity contribution in [3.05, 3.63) is 58.7 Å². The largest absolute Gasteiger partial charge is 0.747 e. The van der Waals surface area contributed by atoms with Gasteiger partial charge in [0.2, 0.25) is 0 Å². The van der Waals surface area contributed by atoms with Crippen LogP contribution in [0.25, 0.3) is 0 Å². The molecule has 15 heavy (non-hydrogen) atoms. The maximum atomic E-state index is 2.12. The summed E-state index contributed by atoms with van der Waals surface area (Å²) in [7, 11) is 0. The van der Waals surface area contributed by atoms with E-state index in [-0.39, 0.29) is 17.1 Å². The molecule has 0 N–H and O–H groups in total. The Labute approximate surface area is 104 Å². The van der Waals surface area contributed by atoms with Crippen molar-refractivity contribution < 1.29 is 17.1 Å². The molecule has 0 amide bonds. The fourth-order valence-corrected chi connectivity index (χ4v) is 1.20. The fourth-order valence-electron chi connectivity index (χ4n) is 1.20. The van der Waals surface area contributed by atoms with Crippen molar-refractivity contribution in [1.29, 1.82) is 0 Å². The van der Waals surface area contributed by atoms with Crippen LogP contribution in [0.1, 0.15) is 22.3 Å². The predicted molar refractivity (Wildman–Crippen MR) is 63.0 cm³/mol. The van der Waals surface area contributed by atoms with E-state index in [1.807, 2.05) is 0 Å². The van der Waals surface area contributed by atoms with Crippen molar-refractivity contribution in [3.63, 3.8) is 0 Å². The standard InChI is InChI=1S/2C7H9.Fe/c2*1-6-4-3-5-7(6)2;/h2*3-5H,1-2H3;/q-5;-1;. The van der Waals surface area contributed by atoms with Gasteiger partial charge in [0.15, 0.2) is 0 Å². The van der Waals surface area contributed by atoms with Crippen LogP contribution in [0.15, 0.2) is 36.4 Å². The Hall–Kier alpha value is -0.781. The number of hydrogen-bond donors (Lipinski definition) is 0. The van der Waals surface area contributed by atoms with Crippen LogP contribution >= 0.6 is 0 Å². The van der Waals surface area contributed by atoms with Gasteiger partial charge in [0, 0.05) is 17.1 Å². The minimum Gasteiger partial charge on any atom is -0.747 e. The SMILES string of the molecule is C[c-]1[cH-][cH-][cH-][c-]1C.Cc1ccc[c-]1C.[Fe]. The normalized spacial score (nSPS) is 8.80. The van der Waals surface area contributed by atoms with Gasteiger partial charge >= 0.3 is 0 Å². The zero-order valence-corrected chi connectivity index (χ0v) is 10.9. The Bertz CT molecular complexity index is 308. The van der Waals surface area contributed by atoms with Crippen LogP contribution in [-0.2, 0) is 17.1 Å². The van der Waals surface area contributed by atoms with Crippen LogP contribution in [0.4, 0.5) is 0 Å². The number of hydrogen-bond acceptors (Lipinski definition) is 0. The Morgan fingerprint density at radius 2 is 1.60 bits per heavy atom. The van der Waals surface area contributed by atoms with E-state index in [1.165, 1.54) is 22.3 Å². The van der Waals surface area contributed by atoms with E-state index in [9.17, 15) is 0 Å². The van der Waals surface area contributed by atoms with Crippen LogP contribution in [0.5, 0.6) is 0 Å². The molecule has 1 heteroatoms. The summed E-state index contributed by atoms with van der Waals surface area (Å²) in [6.07, 6.45) is 0. The van der Waals surface area contributed by atoms with Crippen molar-refractivity contribution in [3.8, 4) is 0 Å². The van der Waals surface area contributed by atoms with E-state index >= 15 is 0 Å². The molecule has 0 saturated heterocycles. The van der Waals surface area contributed by atoms with Crippen molar-refractivity contribution in [2.75, 3.05) is 0 Å². The van der Waals surface area contributed by atoms with Crippen molar-refractivity contribution in [1.82, 2.24) is 0 Å². The first kappa shape index (κ1) is 14.2. The second-order valence-corrected chi connectivity index (χ2v) is 3.78. The van der Waals surface area contributed by atoms with E-state index in [1.54, 1.807) is 0 Å². The smallest absolute Gasteiger partial charge is 0 e. The molecule has 0 radical (unpaired) electrons. The minimum absolute atomic E-state index is 0. The third-order valence-corrected chi connectivity index (χ3v) is 2.63. The van der Waals surface area contributed by atoms with E-state index in [0.717, 1.165) is 0 Å². The van der Waals surface area contributed by atoms with Gasteiger partial charge in [-0.15, -0.1) is 0 Å². The molecule has 0 aromatic heterocycles. The summed E-state index contributed by atoms with van der Waals surface area (Å²) in [6.45, 7) is 8.48. The summed E-state index contributed by atoms with van der Waals surface area (Å²) >= 11 is 0. The van der Waals surface area contributed by atoms with Crippen LogP contribution in [0.3, 0.4) is 0 Å². The molecule has 0 heterocycles. The molecule has 0 aliphatic carbocycles. The molecule has 88 valence electrons. The van der Waals surface area contributed by atoms with Crippen LogP contribution < -0.4 is 0 Å². The monoisotopic (exact) mass is 242 g/mol. The van der Waals surface area contributed by atoms with Crippen molar-refractivity contribution in [2.24, 2.45) is 0 Å². The first-order valence-corrected chi connectivity index (χ1v) is 4.99. The second-order valence-electron chi connectivity index (χ2n) is 3.78. The van der Waals surface area contributed by atoms with Gasteiger partial charge in [0.05, 0.1) is 0 Å². The molecule has 0 atom stereocenters.